The third-order valence-electron chi connectivity index (χ3n) is 8.55. The molecule has 1 aromatic rings. The molecule has 5 unspecified atom stereocenters. The van der Waals surface area contributed by atoms with Crippen LogP contribution in [0.1, 0.15) is 59.2 Å². The van der Waals surface area contributed by atoms with E-state index in [4.69, 9.17) is 5.73 Å². The average Bonchev–Trinajstić information content (AvgIpc) is 2.85. The molecule has 202 valence electrons. The minimum atomic E-state index is -2.57. The van der Waals surface area contributed by atoms with Crippen LogP contribution in [-0.2, 0) is 32.1 Å². The molecule has 8 nitrogen and oxygen atoms in total. The lowest BCUT2D eigenvalue weighted by molar-refractivity contribution is -0.152. The number of primary amides is 1. The molecule has 0 spiro atoms. The van der Waals surface area contributed by atoms with Crippen molar-refractivity contribution >= 4 is 34.9 Å². The molecule has 1 amide bonds. The molecule has 0 radical (unpaired) electrons. The number of carbonyl (C=O) groups is 5. The lowest BCUT2D eigenvalue weighted by atomic mass is 9.55. The van der Waals surface area contributed by atoms with Crippen LogP contribution in [0.3, 0.4) is 0 Å². The van der Waals surface area contributed by atoms with Crippen LogP contribution in [-0.4, -0.2) is 52.1 Å². The highest BCUT2D eigenvalue weighted by atomic mass is 19.3. The molecule has 3 N–H and O–H groups in total. The maximum atomic E-state index is 14.8. The summed E-state index contributed by atoms with van der Waals surface area (Å²) in [6.07, 6.45) is -0.139. The quantitative estimate of drug-likeness (QED) is 0.570. The summed E-state index contributed by atoms with van der Waals surface area (Å²) in [4.78, 5) is 66.4. The van der Waals surface area contributed by atoms with Crippen molar-refractivity contribution in [3.63, 3.8) is 0 Å². The van der Waals surface area contributed by atoms with E-state index in [0.717, 1.165) is 25.3 Å². The maximum absolute atomic E-state index is 14.8. The predicted octanol–water partition coefficient (Wildman–Crippen LogP) is 2.73. The number of carbonyl (C=O) groups excluding carboxylic acids is 5. The SMILES string of the molecule is NC(=O)C1C(=O)CC2CC3Cc4c(C(F)=C(F)F)cc(CN5CCCCC5)c(O)c4C(=O)C3C(=O)C2C1=O. The Bertz CT molecular complexity index is 1300. The van der Waals surface area contributed by atoms with Crippen molar-refractivity contribution in [2.24, 2.45) is 35.3 Å². The molecule has 0 bridgehead atoms. The number of nitrogens with zero attached hydrogens (tertiary/aromatic N) is 1. The van der Waals surface area contributed by atoms with Crippen LogP contribution >= 0.6 is 0 Å². The van der Waals surface area contributed by atoms with E-state index in [-0.39, 0.29) is 42.5 Å². The predicted molar refractivity (Wildman–Crippen MR) is 126 cm³/mol. The van der Waals surface area contributed by atoms with E-state index in [1.165, 1.54) is 0 Å². The van der Waals surface area contributed by atoms with Crippen molar-refractivity contribution in [1.29, 1.82) is 0 Å². The third-order valence-corrected chi connectivity index (χ3v) is 8.55. The van der Waals surface area contributed by atoms with E-state index in [2.05, 4.69) is 0 Å². The highest BCUT2D eigenvalue weighted by molar-refractivity contribution is 6.27. The summed E-state index contributed by atoms with van der Waals surface area (Å²) in [6, 6.07) is 1.14. The van der Waals surface area contributed by atoms with Crippen LogP contribution in [0.25, 0.3) is 5.83 Å². The van der Waals surface area contributed by atoms with Gasteiger partial charge >= 0.3 is 6.08 Å². The number of rotatable bonds is 4. The number of aromatic hydroxyl groups is 1. The number of ketones is 4. The van der Waals surface area contributed by atoms with Gasteiger partial charge in [-0.25, -0.2) is 4.39 Å². The van der Waals surface area contributed by atoms with Gasteiger partial charge in [0, 0.05) is 24.1 Å². The van der Waals surface area contributed by atoms with Gasteiger partial charge in [-0.15, -0.1) is 0 Å². The normalized spacial score (nSPS) is 29.4. The zero-order valence-electron chi connectivity index (χ0n) is 20.5. The van der Waals surface area contributed by atoms with Crippen molar-refractivity contribution < 1.29 is 42.3 Å². The Kier molecular flexibility index (Phi) is 6.75. The van der Waals surface area contributed by atoms with Gasteiger partial charge < -0.3 is 10.8 Å². The molecular formula is C27H27F3N2O6. The summed E-state index contributed by atoms with van der Waals surface area (Å²) in [5.74, 6) is -12.8. The smallest absolute Gasteiger partial charge is 0.306 e. The first-order valence-corrected chi connectivity index (χ1v) is 12.8. The number of fused-ring (bicyclic) bond motifs is 3. The van der Waals surface area contributed by atoms with Gasteiger partial charge in [0.25, 0.3) is 0 Å². The average molecular weight is 533 g/mol. The first kappa shape index (κ1) is 26.3. The van der Waals surface area contributed by atoms with Gasteiger partial charge in [0.2, 0.25) is 5.91 Å². The highest BCUT2D eigenvalue weighted by Crippen LogP contribution is 2.50. The minimum Gasteiger partial charge on any atom is -0.507 e. The molecule has 1 saturated heterocycles. The molecule has 5 atom stereocenters. The van der Waals surface area contributed by atoms with Crippen LogP contribution in [0, 0.1) is 29.6 Å². The minimum absolute atomic E-state index is 0.0500. The van der Waals surface area contributed by atoms with Crippen LogP contribution in [0.2, 0.25) is 0 Å². The van der Waals surface area contributed by atoms with Crippen LogP contribution in [0.5, 0.6) is 5.75 Å². The molecule has 3 fully saturated rings. The summed E-state index contributed by atoms with van der Waals surface area (Å²) in [5.41, 5.74) is 4.32. The van der Waals surface area contributed by atoms with Gasteiger partial charge in [0.15, 0.2) is 34.9 Å². The van der Waals surface area contributed by atoms with Crippen molar-refractivity contribution in [3.05, 3.63) is 34.4 Å². The molecule has 3 aliphatic carbocycles. The van der Waals surface area contributed by atoms with E-state index in [1.54, 1.807) is 0 Å². The number of phenolic OH excluding ortho intramolecular Hbond substituents is 1. The topological polar surface area (TPSA) is 135 Å². The first-order valence-electron chi connectivity index (χ1n) is 12.8. The lowest BCUT2D eigenvalue weighted by Crippen LogP contribution is -2.56. The number of Topliss-reactive ketones (excluding diaryl/α,β-unsaturated/α-hetero) is 4. The second-order valence-electron chi connectivity index (χ2n) is 10.8. The van der Waals surface area contributed by atoms with E-state index in [1.807, 2.05) is 4.90 Å². The summed E-state index contributed by atoms with van der Waals surface area (Å²) < 4.78 is 41.7. The van der Waals surface area contributed by atoms with Crippen molar-refractivity contribution in [3.8, 4) is 5.75 Å². The Labute approximate surface area is 216 Å². The largest absolute Gasteiger partial charge is 0.507 e. The molecule has 11 heteroatoms. The summed E-state index contributed by atoms with van der Waals surface area (Å²) in [7, 11) is 0. The van der Waals surface area contributed by atoms with E-state index in [0.29, 0.717) is 13.1 Å². The first-order chi connectivity index (χ1) is 18.0. The van der Waals surface area contributed by atoms with Crippen LogP contribution < -0.4 is 5.73 Å². The molecule has 1 aliphatic heterocycles. The molecule has 2 saturated carbocycles. The number of piperidine rings is 1. The number of hydrogen-bond acceptors (Lipinski definition) is 7. The van der Waals surface area contributed by atoms with Gasteiger partial charge in [0.1, 0.15) is 5.75 Å². The standard InChI is InChI=1S/C27H27F3N2O6/c28-21(26(29)30)15-8-13(10-32-4-2-1-3-5-32)22(34)19-14(15)7-11-6-12-9-16(33)20(27(31)38)25(37)18(12)23(35)17(11)24(19)36/h8,11-12,17-18,20,34H,1-7,9-10H2,(H2,31,38). The molecule has 5 rings (SSSR count). The van der Waals surface area contributed by atoms with Gasteiger partial charge in [-0.3, -0.25) is 28.9 Å². The van der Waals surface area contributed by atoms with E-state index < -0.39 is 81.9 Å². The van der Waals surface area contributed by atoms with Gasteiger partial charge in [-0.05, 0) is 62.2 Å². The second-order valence-corrected chi connectivity index (χ2v) is 10.8. The number of phenols is 1. The fraction of sp³-hybridized carbons (Fsp3) is 0.519. The maximum Gasteiger partial charge on any atom is 0.306 e. The Morgan fingerprint density at radius 1 is 0.974 bits per heavy atom. The number of nitrogens with two attached hydrogens (primary N) is 1. The zero-order chi connectivity index (χ0) is 27.5. The lowest BCUT2D eigenvalue weighted by Gasteiger charge is -2.44. The fourth-order valence-corrected chi connectivity index (χ4v) is 6.89. The van der Waals surface area contributed by atoms with Gasteiger partial charge in [0.05, 0.1) is 17.4 Å². The molecule has 0 aromatic heterocycles. The van der Waals surface area contributed by atoms with Gasteiger partial charge in [-0.2, -0.15) is 8.78 Å². The Morgan fingerprint density at radius 2 is 1.63 bits per heavy atom. The Balaban J connectivity index is 1.59. The highest BCUT2D eigenvalue weighted by Gasteiger charge is 2.57. The Morgan fingerprint density at radius 3 is 2.26 bits per heavy atom. The molecule has 1 heterocycles. The number of halogens is 3. The van der Waals surface area contributed by atoms with Crippen LogP contribution in [0.15, 0.2) is 12.1 Å². The molecular weight excluding hydrogens is 505 g/mol. The van der Waals surface area contributed by atoms with E-state index >= 15 is 0 Å². The second kappa shape index (κ2) is 9.76. The summed E-state index contributed by atoms with van der Waals surface area (Å²) >= 11 is 0. The van der Waals surface area contributed by atoms with E-state index in [9.17, 15) is 42.3 Å². The zero-order valence-corrected chi connectivity index (χ0v) is 20.5. The molecule has 38 heavy (non-hydrogen) atoms. The van der Waals surface area contributed by atoms with Gasteiger partial charge in [-0.1, -0.05) is 6.42 Å². The molecule has 1 aromatic carbocycles. The third kappa shape index (κ3) is 4.16. The Hall–Kier alpha value is -3.34. The van der Waals surface area contributed by atoms with Crippen molar-refractivity contribution in [2.75, 3.05) is 13.1 Å². The molecule has 4 aliphatic rings. The number of benzene rings is 1. The number of hydrogen-bond donors (Lipinski definition) is 2. The number of likely N-dealkylation sites (tertiary alicyclic amines) is 1. The summed E-state index contributed by atoms with van der Waals surface area (Å²) in [5, 5.41) is 11.1. The summed E-state index contributed by atoms with van der Waals surface area (Å²) in [6.45, 7) is 1.47. The fourth-order valence-electron chi connectivity index (χ4n) is 6.89. The monoisotopic (exact) mass is 532 g/mol. The van der Waals surface area contributed by atoms with Crippen LogP contribution in [0.4, 0.5) is 13.2 Å². The van der Waals surface area contributed by atoms with Crippen molar-refractivity contribution in [1.82, 2.24) is 4.90 Å². The number of amides is 1. The van der Waals surface area contributed by atoms with Crippen molar-refractivity contribution in [2.45, 2.75) is 45.1 Å².